The third-order valence-electron chi connectivity index (χ3n) is 2.47. The number of Topliss-reactive ketones (excluding diaryl/α,β-unsaturated/α-hetero) is 2. The van der Waals surface area contributed by atoms with Crippen LogP contribution < -0.4 is 0 Å². The molecule has 0 fully saturated rings. The van der Waals surface area contributed by atoms with Crippen molar-refractivity contribution in [3.63, 3.8) is 0 Å². The molecule has 0 aliphatic carbocycles. The van der Waals surface area contributed by atoms with E-state index < -0.39 is 0 Å². The molecule has 0 aromatic heterocycles. The first kappa shape index (κ1) is 13.7. The number of phenolic OH excluding ortho intramolecular Hbond substituents is 2. The Kier molecular flexibility index (Phi) is 4.05. The Morgan fingerprint density at radius 3 is 1.89 bits per heavy atom. The maximum Gasteiger partial charge on any atom is 0.163 e. The number of hydrogen-bond donors (Lipinski definition) is 2. The molecular weight excluding hydrogens is 232 g/mol. The molecular formula is C14H14O4. The molecule has 1 aromatic rings. The van der Waals surface area contributed by atoms with Crippen molar-refractivity contribution in [3.05, 3.63) is 41.5 Å². The van der Waals surface area contributed by atoms with E-state index in [9.17, 15) is 19.8 Å². The summed E-state index contributed by atoms with van der Waals surface area (Å²) in [5.74, 6) is -1.46. The second kappa shape index (κ2) is 5.31. The van der Waals surface area contributed by atoms with Crippen molar-refractivity contribution < 1.29 is 19.8 Å². The minimum atomic E-state index is -0.386. The first-order valence-corrected chi connectivity index (χ1v) is 5.30. The van der Waals surface area contributed by atoms with Crippen LogP contribution in [0.1, 0.15) is 40.1 Å². The van der Waals surface area contributed by atoms with Crippen LogP contribution in [-0.2, 0) is 0 Å². The smallest absolute Gasteiger partial charge is 0.163 e. The van der Waals surface area contributed by atoms with Crippen LogP contribution in [0.4, 0.5) is 0 Å². The second-order valence-electron chi connectivity index (χ2n) is 3.79. The van der Waals surface area contributed by atoms with Crippen molar-refractivity contribution in [1.82, 2.24) is 0 Å². The molecule has 18 heavy (non-hydrogen) atoms. The summed E-state index contributed by atoms with van der Waals surface area (Å²) in [6, 6.07) is 1.20. The van der Waals surface area contributed by atoms with Gasteiger partial charge in [0.2, 0.25) is 0 Å². The molecule has 0 aliphatic heterocycles. The van der Waals surface area contributed by atoms with Gasteiger partial charge in [-0.15, -0.1) is 0 Å². The fourth-order valence-corrected chi connectivity index (χ4v) is 1.54. The van der Waals surface area contributed by atoms with Gasteiger partial charge in [0, 0.05) is 0 Å². The van der Waals surface area contributed by atoms with Gasteiger partial charge in [-0.05, 0) is 26.0 Å². The monoisotopic (exact) mass is 246 g/mol. The lowest BCUT2D eigenvalue weighted by atomic mass is 9.97. The van der Waals surface area contributed by atoms with Crippen LogP contribution in [0.3, 0.4) is 0 Å². The molecule has 0 atom stereocenters. The molecule has 0 saturated heterocycles. The quantitative estimate of drug-likeness (QED) is 0.632. The summed E-state index contributed by atoms with van der Waals surface area (Å²) in [4.78, 5) is 22.8. The predicted octanol–water partition coefficient (Wildman–Crippen LogP) is 2.70. The zero-order valence-electron chi connectivity index (χ0n) is 10.2. The summed E-state index contributed by atoms with van der Waals surface area (Å²) in [5, 5.41) is 19.8. The van der Waals surface area contributed by atoms with Crippen molar-refractivity contribution in [2.45, 2.75) is 13.8 Å². The number of hydrogen-bond acceptors (Lipinski definition) is 4. The number of phenols is 2. The van der Waals surface area contributed by atoms with Crippen molar-refractivity contribution in [3.8, 4) is 11.5 Å². The third-order valence-corrected chi connectivity index (χ3v) is 2.47. The van der Waals surface area contributed by atoms with Gasteiger partial charge in [0.25, 0.3) is 0 Å². The molecule has 4 nitrogen and oxygen atoms in total. The number of ketones is 2. The third kappa shape index (κ3) is 2.48. The molecule has 1 rings (SSSR count). The van der Waals surface area contributed by atoms with Crippen LogP contribution >= 0.6 is 0 Å². The SMILES string of the molecule is C=CC=Cc1c(O)c(C(C)=O)cc(C(C)=O)c1O. The number of carbonyl (C=O) groups excluding carboxylic acids is 2. The summed E-state index contributed by atoms with van der Waals surface area (Å²) in [6.45, 7) is 6.02. The van der Waals surface area contributed by atoms with Crippen LogP contribution in [0, 0.1) is 0 Å². The number of carbonyl (C=O) groups is 2. The lowest BCUT2D eigenvalue weighted by Gasteiger charge is -2.10. The Bertz CT molecular complexity index is 515. The highest BCUT2D eigenvalue weighted by Gasteiger charge is 2.19. The average Bonchev–Trinajstić information content (AvgIpc) is 2.28. The van der Waals surface area contributed by atoms with Crippen molar-refractivity contribution >= 4 is 17.6 Å². The second-order valence-corrected chi connectivity index (χ2v) is 3.79. The topological polar surface area (TPSA) is 74.6 Å². The highest BCUT2D eigenvalue weighted by molar-refractivity contribution is 6.05. The molecule has 2 N–H and O–H groups in total. The van der Waals surface area contributed by atoms with Gasteiger partial charge in [-0.1, -0.05) is 18.7 Å². The van der Waals surface area contributed by atoms with Crippen LogP contribution in [0.15, 0.2) is 24.8 Å². The highest BCUT2D eigenvalue weighted by atomic mass is 16.3. The fraction of sp³-hybridized carbons (Fsp3) is 0.143. The van der Waals surface area contributed by atoms with Gasteiger partial charge in [-0.3, -0.25) is 9.59 Å². The molecule has 0 radical (unpaired) electrons. The van der Waals surface area contributed by atoms with Gasteiger partial charge >= 0.3 is 0 Å². The van der Waals surface area contributed by atoms with Crippen LogP contribution in [0.25, 0.3) is 6.08 Å². The predicted molar refractivity (Wildman–Crippen MR) is 69.0 cm³/mol. The molecule has 0 saturated carbocycles. The van der Waals surface area contributed by atoms with E-state index in [-0.39, 0.29) is 39.8 Å². The minimum absolute atomic E-state index is 0.00159. The van der Waals surface area contributed by atoms with Crippen molar-refractivity contribution in [1.29, 1.82) is 0 Å². The van der Waals surface area contributed by atoms with Crippen molar-refractivity contribution in [2.24, 2.45) is 0 Å². The van der Waals surface area contributed by atoms with E-state index in [2.05, 4.69) is 6.58 Å². The van der Waals surface area contributed by atoms with E-state index in [1.54, 1.807) is 0 Å². The first-order chi connectivity index (χ1) is 8.40. The van der Waals surface area contributed by atoms with Crippen LogP contribution in [0.5, 0.6) is 11.5 Å². The van der Waals surface area contributed by atoms with Crippen LogP contribution in [-0.4, -0.2) is 21.8 Å². The van der Waals surface area contributed by atoms with E-state index >= 15 is 0 Å². The average molecular weight is 246 g/mol. The lowest BCUT2D eigenvalue weighted by molar-refractivity contribution is 0.101. The number of rotatable bonds is 4. The van der Waals surface area contributed by atoms with E-state index in [1.165, 1.54) is 38.1 Å². The van der Waals surface area contributed by atoms with Crippen molar-refractivity contribution in [2.75, 3.05) is 0 Å². The molecule has 94 valence electrons. The number of aromatic hydroxyl groups is 2. The van der Waals surface area contributed by atoms with Gasteiger partial charge in [0.1, 0.15) is 11.5 Å². The lowest BCUT2D eigenvalue weighted by Crippen LogP contribution is -2.01. The normalized spacial score (nSPS) is 10.6. The summed E-state index contributed by atoms with van der Waals surface area (Å²) in [7, 11) is 0. The summed E-state index contributed by atoms with van der Waals surface area (Å²) < 4.78 is 0. The van der Waals surface area contributed by atoms with Gasteiger partial charge < -0.3 is 10.2 Å². The largest absolute Gasteiger partial charge is 0.506 e. The molecule has 1 aromatic carbocycles. The van der Waals surface area contributed by atoms with Gasteiger partial charge in [-0.25, -0.2) is 0 Å². The first-order valence-electron chi connectivity index (χ1n) is 5.30. The highest BCUT2D eigenvalue weighted by Crippen LogP contribution is 2.35. The Balaban J connectivity index is 3.66. The maximum absolute atomic E-state index is 11.4. The van der Waals surface area contributed by atoms with E-state index in [0.29, 0.717) is 0 Å². The summed E-state index contributed by atoms with van der Waals surface area (Å²) in [6.07, 6.45) is 4.33. The van der Waals surface area contributed by atoms with E-state index in [0.717, 1.165) is 0 Å². The standard InChI is InChI=1S/C14H14O4/c1-4-5-6-10-13(17)11(8(2)15)7-12(9(3)16)14(10)18/h4-7,17-18H,1H2,2-3H3. The van der Waals surface area contributed by atoms with Gasteiger partial charge in [-0.2, -0.15) is 0 Å². The zero-order valence-corrected chi connectivity index (χ0v) is 10.2. The number of allylic oxidation sites excluding steroid dienone is 2. The maximum atomic E-state index is 11.4. The molecule has 4 heteroatoms. The summed E-state index contributed by atoms with van der Waals surface area (Å²) in [5.41, 5.74) is 0.0382. The van der Waals surface area contributed by atoms with E-state index in [1.807, 2.05) is 0 Å². The van der Waals surface area contributed by atoms with Gasteiger partial charge in [0.05, 0.1) is 16.7 Å². The molecule has 0 heterocycles. The van der Waals surface area contributed by atoms with Crippen LogP contribution in [0.2, 0.25) is 0 Å². The van der Waals surface area contributed by atoms with E-state index in [4.69, 9.17) is 0 Å². The zero-order chi connectivity index (χ0) is 13.9. The minimum Gasteiger partial charge on any atom is -0.506 e. The Morgan fingerprint density at radius 2 is 1.56 bits per heavy atom. The fourth-order valence-electron chi connectivity index (χ4n) is 1.54. The molecule has 0 aliphatic rings. The molecule has 0 unspecified atom stereocenters. The molecule has 0 amide bonds. The molecule has 0 spiro atoms. The number of benzene rings is 1. The Morgan fingerprint density at radius 1 is 1.11 bits per heavy atom. The Labute approximate surface area is 105 Å². The van der Waals surface area contributed by atoms with Gasteiger partial charge in [0.15, 0.2) is 11.6 Å². The summed E-state index contributed by atoms with van der Waals surface area (Å²) >= 11 is 0. The molecule has 0 bridgehead atoms. The Hall–Kier alpha value is -2.36.